The normalized spacial score (nSPS) is 15.4. The number of amides is 1. The molecule has 3 rings (SSSR count). The Hall–Kier alpha value is -3.49. The second-order valence-corrected chi connectivity index (χ2v) is 7.76. The summed E-state index contributed by atoms with van der Waals surface area (Å²) >= 11 is 0. The molecule has 0 saturated carbocycles. The highest BCUT2D eigenvalue weighted by Gasteiger charge is 2.41. The van der Waals surface area contributed by atoms with Crippen LogP contribution in [0.5, 0.6) is 11.5 Å². The van der Waals surface area contributed by atoms with E-state index in [-0.39, 0.29) is 35.9 Å². The van der Waals surface area contributed by atoms with E-state index in [1.807, 2.05) is 6.07 Å². The zero-order chi connectivity index (χ0) is 25.4. The van der Waals surface area contributed by atoms with Gasteiger partial charge in [-0.2, -0.15) is 31.6 Å². The molecule has 0 unspecified atom stereocenters. The van der Waals surface area contributed by atoms with Crippen LogP contribution in [0.1, 0.15) is 45.6 Å². The number of benzene rings is 1. The van der Waals surface area contributed by atoms with Crippen molar-refractivity contribution in [3.8, 4) is 17.6 Å². The number of rotatable bonds is 5. The molecule has 1 fully saturated rings. The summed E-state index contributed by atoms with van der Waals surface area (Å²) in [6, 6.07) is 5.06. The number of halogens is 6. The zero-order valence-corrected chi connectivity index (χ0v) is 18.2. The number of ether oxygens (including phenoxy) is 2. The highest BCUT2D eigenvalue weighted by molar-refractivity contribution is 6.01. The van der Waals surface area contributed by atoms with Crippen LogP contribution in [-0.2, 0) is 6.18 Å². The lowest BCUT2D eigenvalue weighted by atomic mass is 9.91. The predicted octanol–water partition coefficient (Wildman–Crippen LogP) is 4.86. The van der Waals surface area contributed by atoms with Crippen LogP contribution in [0.15, 0.2) is 24.4 Å². The van der Waals surface area contributed by atoms with Gasteiger partial charge in [-0.3, -0.25) is 9.78 Å². The van der Waals surface area contributed by atoms with E-state index in [1.165, 1.54) is 17.9 Å². The standard InChI is InChI=1S/C22H19F6N3O3/c1-11-6-15(22(26,27)28)8-30-18(11)14-9-31(10-14)20(32)17-16(34-12(2)21(23,24)25)5-4-13(7-29)19(17)33-3/h4-6,8,12,14H,9-10H2,1-3H3/t12-/m0/s1. The van der Waals surface area contributed by atoms with Gasteiger partial charge in [-0.05, 0) is 37.6 Å². The van der Waals surface area contributed by atoms with Crippen molar-refractivity contribution in [2.45, 2.75) is 38.2 Å². The van der Waals surface area contributed by atoms with Crippen LogP contribution in [0.3, 0.4) is 0 Å². The third-order valence-electron chi connectivity index (χ3n) is 5.42. The summed E-state index contributed by atoms with van der Waals surface area (Å²) in [7, 11) is 1.16. The first-order valence-electron chi connectivity index (χ1n) is 9.95. The van der Waals surface area contributed by atoms with Crippen LogP contribution >= 0.6 is 0 Å². The minimum Gasteiger partial charge on any atom is -0.494 e. The molecule has 1 atom stereocenters. The molecule has 1 aliphatic rings. The van der Waals surface area contributed by atoms with Gasteiger partial charge in [0.2, 0.25) is 0 Å². The molecule has 1 saturated heterocycles. The Labute approximate surface area is 190 Å². The average molecular weight is 487 g/mol. The Bertz CT molecular complexity index is 1130. The van der Waals surface area contributed by atoms with E-state index in [0.29, 0.717) is 11.3 Å². The molecule has 182 valence electrons. The molecule has 0 spiro atoms. The van der Waals surface area contributed by atoms with Crippen molar-refractivity contribution in [1.82, 2.24) is 9.88 Å². The number of aromatic nitrogens is 1. The number of carbonyl (C=O) groups excluding carboxylic acids is 1. The van der Waals surface area contributed by atoms with Crippen LogP contribution in [0.2, 0.25) is 0 Å². The highest BCUT2D eigenvalue weighted by atomic mass is 19.4. The first-order chi connectivity index (χ1) is 15.8. The van der Waals surface area contributed by atoms with Gasteiger partial charge in [0.1, 0.15) is 17.4 Å². The molecular formula is C22H19F6N3O3. The number of nitriles is 1. The smallest absolute Gasteiger partial charge is 0.425 e. The number of alkyl halides is 6. The molecule has 0 bridgehead atoms. The lowest BCUT2D eigenvalue weighted by molar-refractivity contribution is -0.189. The number of methoxy groups -OCH3 is 1. The first-order valence-corrected chi connectivity index (χ1v) is 9.95. The third kappa shape index (κ3) is 4.88. The minimum absolute atomic E-state index is 0.0617. The highest BCUT2D eigenvalue weighted by Crippen LogP contribution is 2.39. The average Bonchev–Trinajstić information content (AvgIpc) is 2.71. The van der Waals surface area contributed by atoms with E-state index in [2.05, 4.69) is 4.98 Å². The van der Waals surface area contributed by atoms with Gasteiger partial charge < -0.3 is 14.4 Å². The van der Waals surface area contributed by atoms with Crippen LogP contribution in [0.4, 0.5) is 26.3 Å². The molecule has 12 heteroatoms. The molecule has 34 heavy (non-hydrogen) atoms. The summed E-state index contributed by atoms with van der Waals surface area (Å²) in [5.41, 5.74) is -0.612. The van der Waals surface area contributed by atoms with E-state index in [9.17, 15) is 36.4 Å². The van der Waals surface area contributed by atoms with E-state index >= 15 is 0 Å². The van der Waals surface area contributed by atoms with Crippen LogP contribution in [0.25, 0.3) is 0 Å². The van der Waals surface area contributed by atoms with E-state index in [1.54, 1.807) is 0 Å². The number of aryl methyl sites for hydroxylation is 1. The monoisotopic (exact) mass is 487 g/mol. The van der Waals surface area contributed by atoms with E-state index < -0.39 is 35.7 Å². The van der Waals surface area contributed by atoms with Gasteiger partial charge in [0.25, 0.3) is 5.91 Å². The van der Waals surface area contributed by atoms with Crippen LogP contribution in [-0.4, -0.2) is 48.3 Å². The fourth-order valence-corrected chi connectivity index (χ4v) is 3.57. The van der Waals surface area contributed by atoms with Gasteiger partial charge in [0.05, 0.1) is 18.2 Å². The van der Waals surface area contributed by atoms with Gasteiger partial charge in [0, 0.05) is 30.9 Å². The SMILES string of the molecule is COc1c(C#N)ccc(O[C@@H](C)C(F)(F)F)c1C(=O)N1CC(c2ncc(C(F)(F)F)cc2C)C1. The first kappa shape index (κ1) is 25.1. The summed E-state index contributed by atoms with van der Waals surface area (Å²) in [6.45, 7) is 2.38. The second kappa shape index (κ2) is 9.04. The number of likely N-dealkylation sites (tertiary alicyclic amines) is 1. The van der Waals surface area contributed by atoms with Crippen molar-refractivity contribution in [3.63, 3.8) is 0 Å². The van der Waals surface area contributed by atoms with E-state index in [0.717, 1.165) is 32.4 Å². The third-order valence-corrected chi connectivity index (χ3v) is 5.42. The van der Waals surface area contributed by atoms with Crippen LogP contribution in [0, 0.1) is 18.3 Å². The van der Waals surface area contributed by atoms with Crippen LogP contribution < -0.4 is 9.47 Å². The lowest BCUT2D eigenvalue weighted by Crippen LogP contribution is -2.49. The molecule has 0 N–H and O–H groups in total. The fraction of sp³-hybridized carbons (Fsp3) is 0.409. The molecule has 2 heterocycles. The molecule has 1 aliphatic heterocycles. The molecular weight excluding hydrogens is 468 g/mol. The second-order valence-electron chi connectivity index (χ2n) is 7.76. The fourth-order valence-electron chi connectivity index (χ4n) is 3.57. The van der Waals surface area contributed by atoms with E-state index in [4.69, 9.17) is 9.47 Å². The van der Waals surface area contributed by atoms with Crippen molar-refractivity contribution >= 4 is 5.91 Å². The number of hydrogen-bond acceptors (Lipinski definition) is 5. The predicted molar refractivity (Wildman–Crippen MR) is 106 cm³/mol. The Kier molecular flexibility index (Phi) is 6.68. The molecule has 2 aromatic rings. The van der Waals surface area contributed by atoms with Gasteiger partial charge >= 0.3 is 12.4 Å². The molecule has 1 aromatic carbocycles. The molecule has 1 amide bonds. The zero-order valence-electron chi connectivity index (χ0n) is 18.2. The molecule has 1 aromatic heterocycles. The lowest BCUT2D eigenvalue weighted by Gasteiger charge is -2.40. The van der Waals surface area contributed by atoms with Gasteiger partial charge in [-0.1, -0.05) is 0 Å². The van der Waals surface area contributed by atoms with Gasteiger partial charge in [-0.15, -0.1) is 0 Å². The van der Waals surface area contributed by atoms with Crippen molar-refractivity contribution in [2.24, 2.45) is 0 Å². The molecule has 0 aliphatic carbocycles. The number of nitrogens with zero attached hydrogens (tertiary/aromatic N) is 3. The summed E-state index contributed by atoms with van der Waals surface area (Å²) in [6.07, 6.45) is -10.8. The number of pyridine rings is 1. The topological polar surface area (TPSA) is 75.5 Å². The Morgan fingerprint density at radius 3 is 2.38 bits per heavy atom. The van der Waals surface area contributed by atoms with Crippen molar-refractivity contribution in [1.29, 1.82) is 5.26 Å². The maximum absolute atomic E-state index is 13.2. The van der Waals surface area contributed by atoms with Crippen molar-refractivity contribution in [3.05, 3.63) is 52.3 Å². The Morgan fingerprint density at radius 1 is 1.24 bits per heavy atom. The van der Waals surface area contributed by atoms with Crippen molar-refractivity contribution < 1.29 is 40.6 Å². The minimum atomic E-state index is -4.70. The summed E-state index contributed by atoms with van der Waals surface area (Å²) in [5, 5.41) is 9.30. The Balaban J connectivity index is 1.87. The maximum atomic E-state index is 13.2. The quantitative estimate of drug-likeness (QED) is 0.564. The summed E-state index contributed by atoms with van der Waals surface area (Å²) in [4.78, 5) is 18.4. The largest absolute Gasteiger partial charge is 0.494 e. The van der Waals surface area contributed by atoms with Gasteiger partial charge in [0.15, 0.2) is 11.9 Å². The number of hydrogen-bond donors (Lipinski definition) is 0. The molecule has 6 nitrogen and oxygen atoms in total. The van der Waals surface area contributed by atoms with Gasteiger partial charge in [-0.25, -0.2) is 0 Å². The summed E-state index contributed by atoms with van der Waals surface area (Å²) < 4.78 is 87.8. The summed E-state index contributed by atoms with van der Waals surface area (Å²) in [5.74, 6) is -1.74. The Morgan fingerprint density at radius 2 is 1.88 bits per heavy atom. The number of carbonyl (C=O) groups is 1. The van der Waals surface area contributed by atoms with Crippen molar-refractivity contribution in [2.75, 3.05) is 20.2 Å². The molecule has 0 radical (unpaired) electrons. The maximum Gasteiger partial charge on any atom is 0.425 e.